The summed E-state index contributed by atoms with van der Waals surface area (Å²) in [4.78, 5) is 11.8. The summed E-state index contributed by atoms with van der Waals surface area (Å²) < 4.78 is 1.96. The van der Waals surface area contributed by atoms with E-state index in [-0.39, 0.29) is 11.4 Å². The van der Waals surface area contributed by atoms with Crippen LogP contribution in [0.3, 0.4) is 0 Å². The molecule has 1 N–H and O–H groups in total. The second-order valence-electron chi connectivity index (χ2n) is 5.65. The molecular weight excluding hydrogens is 246 g/mol. The van der Waals surface area contributed by atoms with E-state index in [1.54, 1.807) is 0 Å². The third-order valence-corrected chi connectivity index (χ3v) is 3.89. The Kier molecular flexibility index (Phi) is 3.71. The number of hydrogen-bond acceptors (Lipinski definition) is 3. The second kappa shape index (κ2) is 4.96. The highest BCUT2D eigenvalue weighted by atomic mass is 32.2. The third kappa shape index (κ3) is 2.55. The Morgan fingerprint density at radius 2 is 2.17 bits per heavy atom. The van der Waals surface area contributed by atoms with E-state index < -0.39 is 0 Å². The lowest BCUT2D eigenvalue weighted by atomic mass is 10.1. The fourth-order valence-corrected chi connectivity index (χ4v) is 3.08. The van der Waals surface area contributed by atoms with Gasteiger partial charge in [-0.25, -0.2) is 4.68 Å². The number of hydrogen-bond donors (Lipinski definition) is 1. The molecule has 0 unspecified atom stereocenters. The van der Waals surface area contributed by atoms with Crippen LogP contribution in [0.2, 0.25) is 0 Å². The van der Waals surface area contributed by atoms with Crippen molar-refractivity contribution in [1.29, 1.82) is 0 Å². The van der Waals surface area contributed by atoms with Gasteiger partial charge in [0.1, 0.15) is 5.82 Å². The van der Waals surface area contributed by atoms with Gasteiger partial charge in [0.15, 0.2) is 0 Å². The van der Waals surface area contributed by atoms with E-state index >= 15 is 0 Å². The number of aromatic nitrogens is 2. The first kappa shape index (κ1) is 13.5. The van der Waals surface area contributed by atoms with Crippen molar-refractivity contribution in [3.05, 3.63) is 11.3 Å². The molecule has 0 aromatic carbocycles. The van der Waals surface area contributed by atoms with Gasteiger partial charge in [0.2, 0.25) is 5.91 Å². The molecule has 5 heteroatoms. The average Bonchev–Trinajstić information content (AvgIpc) is 2.79. The summed E-state index contributed by atoms with van der Waals surface area (Å²) in [6.07, 6.45) is 1.43. The highest BCUT2D eigenvalue weighted by molar-refractivity contribution is 7.98. The summed E-state index contributed by atoms with van der Waals surface area (Å²) in [5, 5.41) is 7.70. The molecule has 1 aromatic heterocycles. The number of fused-ring (bicyclic) bond motifs is 1. The smallest absolute Gasteiger partial charge is 0.225 e. The summed E-state index contributed by atoms with van der Waals surface area (Å²) in [5.41, 5.74) is 2.23. The van der Waals surface area contributed by atoms with Gasteiger partial charge in [-0.15, -0.1) is 0 Å². The lowest BCUT2D eigenvalue weighted by Crippen LogP contribution is -2.27. The number of carbonyl (C=O) groups is 1. The summed E-state index contributed by atoms with van der Waals surface area (Å²) >= 11 is 1.86. The van der Waals surface area contributed by atoms with Crippen molar-refractivity contribution >= 4 is 23.5 Å². The van der Waals surface area contributed by atoms with Crippen molar-refractivity contribution < 1.29 is 4.79 Å². The van der Waals surface area contributed by atoms with Crippen molar-refractivity contribution in [2.45, 2.75) is 57.6 Å². The third-order valence-electron chi connectivity index (χ3n) is 2.92. The average molecular weight is 267 g/mol. The van der Waals surface area contributed by atoms with Crippen molar-refractivity contribution in [2.24, 2.45) is 0 Å². The zero-order valence-corrected chi connectivity index (χ0v) is 12.4. The van der Waals surface area contributed by atoms with Crippen LogP contribution in [0.25, 0.3) is 0 Å². The van der Waals surface area contributed by atoms with Crippen molar-refractivity contribution in [2.75, 3.05) is 5.32 Å². The summed E-state index contributed by atoms with van der Waals surface area (Å²) in [6, 6.07) is 0. The molecule has 4 nitrogen and oxygen atoms in total. The zero-order chi connectivity index (χ0) is 13.3. The molecule has 0 bridgehead atoms. The lowest BCUT2D eigenvalue weighted by molar-refractivity contribution is -0.116. The van der Waals surface area contributed by atoms with Crippen LogP contribution in [-0.2, 0) is 21.8 Å². The highest BCUT2D eigenvalue weighted by Crippen LogP contribution is 2.37. The molecule has 1 aliphatic heterocycles. The normalized spacial score (nSPS) is 14.7. The number of thioether (sulfide) groups is 1. The van der Waals surface area contributed by atoms with Gasteiger partial charge in [0, 0.05) is 23.5 Å². The Bertz CT molecular complexity index is 460. The minimum Gasteiger partial charge on any atom is -0.311 e. The Morgan fingerprint density at radius 3 is 2.78 bits per heavy atom. The van der Waals surface area contributed by atoms with Gasteiger partial charge in [-0.05, 0) is 27.2 Å². The van der Waals surface area contributed by atoms with Crippen LogP contribution in [0.1, 0.15) is 51.8 Å². The van der Waals surface area contributed by atoms with E-state index in [0.717, 1.165) is 29.4 Å². The number of nitrogens with zero attached hydrogens (tertiary/aromatic N) is 2. The molecular formula is C13H21N3OS. The van der Waals surface area contributed by atoms with E-state index in [1.807, 2.05) is 23.4 Å². The van der Waals surface area contributed by atoms with Crippen LogP contribution < -0.4 is 5.32 Å². The van der Waals surface area contributed by atoms with E-state index in [9.17, 15) is 4.79 Å². The van der Waals surface area contributed by atoms with Crippen LogP contribution in [0.4, 0.5) is 5.82 Å². The highest BCUT2D eigenvalue weighted by Gasteiger charge is 2.28. The summed E-state index contributed by atoms with van der Waals surface area (Å²) in [7, 11) is 0. The zero-order valence-electron chi connectivity index (χ0n) is 11.5. The topological polar surface area (TPSA) is 46.9 Å². The van der Waals surface area contributed by atoms with E-state index in [4.69, 9.17) is 0 Å². The molecule has 2 rings (SSSR count). The van der Waals surface area contributed by atoms with E-state index in [0.29, 0.717) is 6.42 Å². The maximum Gasteiger partial charge on any atom is 0.225 e. The maximum atomic E-state index is 11.8. The largest absolute Gasteiger partial charge is 0.311 e. The van der Waals surface area contributed by atoms with Crippen LogP contribution in [0.5, 0.6) is 0 Å². The second-order valence-corrected chi connectivity index (χ2v) is 6.63. The minimum absolute atomic E-state index is 0.0857. The molecule has 18 heavy (non-hydrogen) atoms. The van der Waals surface area contributed by atoms with Gasteiger partial charge in [0.25, 0.3) is 0 Å². The Hall–Kier alpha value is -0.970. The number of nitrogens with one attached hydrogen (secondary N) is 1. The quantitative estimate of drug-likeness (QED) is 0.915. The fourth-order valence-electron chi connectivity index (χ4n) is 2.05. The molecule has 1 aliphatic rings. The molecule has 2 heterocycles. The Labute approximate surface area is 113 Å². The Morgan fingerprint density at radius 1 is 1.44 bits per heavy atom. The first-order chi connectivity index (χ1) is 8.43. The van der Waals surface area contributed by atoms with Crippen LogP contribution >= 0.6 is 11.8 Å². The SMILES string of the molecule is CCCC(=O)Nc1c2c(nn1C(C)(C)C)CSC2. The number of rotatable bonds is 3. The molecule has 0 saturated carbocycles. The number of carbonyl (C=O) groups excluding carboxylic acids is 1. The molecule has 0 aliphatic carbocycles. The van der Waals surface area contributed by atoms with E-state index in [2.05, 4.69) is 31.2 Å². The van der Waals surface area contributed by atoms with Gasteiger partial charge in [0.05, 0.1) is 11.2 Å². The number of anilines is 1. The summed E-state index contributed by atoms with van der Waals surface area (Å²) in [6.45, 7) is 8.34. The van der Waals surface area contributed by atoms with Crippen LogP contribution in [-0.4, -0.2) is 15.7 Å². The van der Waals surface area contributed by atoms with E-state index in [1.165, 1.54) is 5.56 Å². The van der Waals surface area contributed by atoms with Crippen molar-refractivity contribution in [3.63, 3.8) is 0 Å². The predicted octanol–water partition coefficient (Wildman–Crippen LogP) is 3.12. The lowest BCUT2D eigenvalue weighted by Gasteiger charge is -2.23. The van der Waals surface area contributed by atoms with Crippen LogP contribution in [0.15, 0.2) is 0 Å². The first-order valence-electron chi connectivity index (χ1n) is 6.42. The van der Waals surface area contributed by atoms with Gasteiger partial charge in [-0.1, -0.05) is 6.92 Å². The molecule has 0 fully saturated rings. The molecule has 1 amide bonds. The molecule has 100 valence electrons. The molecule has 0 saturated heterocycles. The summed E-state index contributed by atoms with van der Waals surface area (Å²) in [5.74, 6) is 2.89. The van der Waals surface area contributed by atoms with Crippen molar-refractivity contribution in [1.82, 2.24) is 9.78 Å². The molecule has 0 spiro atoms. The molecule has 0 radical (unpaired) electrons. The monoisotopic (exact) mass is 267 g/mol. The predicted molar refractivity (Wildman–Crippen MR) is 75.8 cm³/mol. The minimum atomic E-state index is -0.107. The Balaban J connectivity index is 2.34. The maximum absolute atomic E-state index is 11.8. The van der Waals surface area contributed by atoms with Gasteiger partial charge in [-0.3, -0.25) is 4.79 Å². The van der Waals surface area contributed by atoms with Gasteiger partial charge >= 0.3 is 0 Å². The van der Waals surface area contributed by atoms with Crippen LogP contribution in [0, 0.1) is 0 Å². The van der Waals surface area contributed by atoms with Gasteiger partial charge in [-0.2, -0.15) is 16.9 Å². The number of amides is 1. The molecule has 1 aromatic rings. The van der Waals surface area contributed by atoms with Crippen molar-refractivity contribution in [3.8, 4) is 0 Å². The fraction of sp³-hybridized carbons (Fsp3) is 0.692. The molecule has 0 atom stereocenters. The standard InChI is InChI=1S/C13H21N3OS/c1-5-6-11(17)14-12-9-7-18-8-10(9)15-16(12)13(2,3)4/h5-8H2,1-4H3,(H,14,17). The first-order valence-corrected chi connectivity index (χ1v) is 7.57. The van der Waals surface area contributed by atoms with Gasteiger partial charge < -0.3 is 5.32 Å².